The van der Waals surface area contributed by atoms with Gasteiger partial charge in [0.25, 0.3) is 0 Å². The third kappa shape index (κ3) is 4.34. The van der Waals surface area contributed by atoms with E-state index < -0.39 is 15.8 Å². The van der Waals surface area contributed by atoms with Crippen molar-refractivity contribution in [1.29, 1.82) is 0 Å². The Hall–Kier alpha value is -1.51. The average molecular weight is 424 g/mol. The van der Waals surface area contributed by atoms with Crippen LogP contribution in [0.15, 0.2) is 29.2 Å². The van der Waals surface area contributed by atoms with Crippen LogP contribution < -0.4 is 0 Å². The number of likely N-dealkylation sites (tertiary alicyclic amines) is 1. The Morgan fingerprint density at radius 2 is 1.66 bits per heavy atom. The summed E-state index contributed by atoms with van der Waals surface area (Å²) in [5.41, 5.74) is 0. The van der Waals surface area contributed by atoms with E-state index in [4.69, 9.17) is 0 Å². The fourth-order valence-electron chi connectivity index (χ4n) is 5.14. The lowest BCUT2D eigenvalue weighted by Gasteiger charge is -2.45. The van der Waals surface area contributed by atoms with E-state index in [-0.39, 0.29) is 23.9 Å². The molecule has 1 amide bonds. The molecule has 0 radical (unpaired) electrons. The van der Waals surface area contributed by atoms with Crippen molar-refractivity contribution in [3.8, 4) is 0 Å². The molecule has 2 saturated heterocycles. The van der Waals surface area contributed by atoms with Crippen LogP contribution in [0.5, 0.6) is 0 Å². The summed E-state index contributed by atoms with van der Waals surface area (Å²) in [5, 5.41) is 0. The van der Waals surface area contributed by atoms with Crippen LogP contribution in [0.25, 0.3) is 0 Å². The van der Waals surface area contributed by atoms with E-state index in [2.05, 4.69) is 4.90 Å². The molecule has 0 N–H and O–H groups in total. The predicted molar refractivity (Wildman–Crippen MR) is 108 cm³/mol. The van der Waals surface area contributed by atoms with E-state index in [9.17, 15) is 17.6 Å². The highest BCUT2D eigenvalue weighted by atomic mass is 32.2. The summed E-state index contributed by atoms with van der Waals surface area (Å²) in [5.74, 6) is 0.105. The van der Waals surface area contributed by atoms with Crippen molar-refractivity contribution in [2.45, 2.75) is 49.5 Å². The predicted octanol–water partition coefficient (Wildman–Crippen LogP) is 2.31. The molecule has 3 aliphatic rings. The van der Waals surface area contributed by atoms with Crippen molar-refractivity contribution in [3.63, 3.8) is 0 Å². The van der Waals surface area contributed by atoms with Gasteiger partial charge in [0.1, 0.15) is 10.7 Å². The van der Waals surface area contributed by atoms with E-state index in [1.54, 1.807) is 0 Å². The number of carbonyl (C=O) groups excluding carboxylic acids is 1. The van der Waals surface area contributed by atoms with E-state index >= 15 is 0 Å². The second-order valence-corrected chi connectivity index (χ2v) is 10.4. The second-order valence-electron chi connectivity index (χ2n) is 8.45. The minimum atomic E-state index is -3.84. The Kier molecular flexibility index (Phi) is 6.22. The van der Waals surface area contributed by atoms with Gasteiger partial charge >= 0.3 is 0 Å². The van der Waals surface area contributed by atoms with Gasteiger partial charge in [-0.05, 0) is 43.7 Å². The molecule has 1 aromatic carbocycles. The quantitative estimate of drug-likeness (QED) is 0.746. The molecule has 1 saturated carbocycles. The molecular weight excluding hydrogens is 393 g/mol. The van der Waals surface area contributed by atoms with Crippen LogP contribution in [0, 0.1) is 11.7 Å². The van der Waals surface area contributed by atoms with Crippen molar-refractivity contribution in [3.05, 3.63) is 30.1 Å². The minimum Gasteiger partial charge on any atom is -0.338 e. The van der Waals surface area contributed by atoms with Crippen LogP contribution in [-0.2, 0) is 14.8 Å². The van der Waals surface area contributed by atoms with Crippen molar-refractivity contribution < 1.29 is 17.6 Å². The van der Waals surface area contributed by atoms with E-state index in [0.717, 1.165) is 19.4 Å². The van der Waals surface area contributed by atoms with Gasteiger partial charge in [0.2, 0.25) is 15.9 Å². The molecule has 1 aromatic rings. The summed E-state index contributed by atoms with van der Waals surface area (Å²) in [7, 11) is -3.84. The zero-order valence-corrected chi connectivity index (χ0v) is 17.6. The van der Waals surface area contributed by atoms with Crippen LogP contribution in [0.1, 0.15) is 38.5 Å². The number of amides is 1. The third-order valence-corrected chi connectivity index (χ3v) is 8.64. The van der Waals surface area contributed by atoms with Gasteiger partial charge in [-0.1, -0.05) is 25.0 Å². The van der Waals surface area contributed by atoms with Crippen molar-refractivity contribution in [2.24, 2.45) is 5.92 Å². The first-order chi connectivity index (χ1) is 14.0. The number of sulfonamides is 1. The number of rotatable bonds is 4. The van der Waals surface area contributed by atoms with Crippen molar-refractivity contribution in [2.75, 3.05) is 39.3 Å². The maximum Gasteiger partial charge on any atom is 0.246 e. The highest BCUT2D eigenvalue weighted by molar-refractivity contribution is 7.89. The van der Waals surface area contributed by atoms with E-state index in [1.807, 2.05) is 4.90 Å². The average Bonchev–Trinajstić information content (AvgIpc) is 2.74. The zero-order chi connectivity index (χ0) is 20.4. The molecule has 2 heterocycles. The van der Waals surface area contributed by atoms with Gasteiger partial charge in [0, 0.05) is 38.8 Å². The molecule has 0 spiro atoms. The van der Waals surface area contributed by atoms with Gasteiger partial charge in [-0.15, -0.1) is 0 Å². The van der Waals surface area contributed by atoms with Crippen LogP contribution in [0.2, 0.25) is 0 Å². The highest BCUT2D eigenvalue weighted by Gasteiger charge is 2.37. The maximum atomic E-state index is 14.0. The summed E-state index contributed by atoms with van der Waals surface area (Å²) in [6, 6.07) is 5.88. The molecule has 0 unspecified atom stereocenters. The van der Waals surface area contributed by atoms with E-state index in [1.165, 1.54) is 54.3 Å². The molecule has 0 bridgehead atoms. The molecule has 6 nitrogen and oxygen atoms in total. The Balaban J connectivity index is 1.34. The van der Waals surface area contributed by atoms with Crippen LogP contribution in [0.4, 0.5) is 4.39 Å². The first-order valence-corrected chi connectivity index (χ1v) is 12.2. The monoisotopic (exact) mass is 423 g/mol. The van der Waals surface area contributed by atoms with Gasteiger partial charge in [-0.2, -0.15) is 4.31 Å². The number of piperidine rings is 1. The number of benzene rings is 1. The van der Waals surface area contributed by atoms with Gasteiger partial charge in [-0.25, -0.2) is 12.8 Å². The van der Waals surface area contributed by atoms with Crippen LogP contribution >= 0.6 is 0 Å². The summed E-state index contributed by atoms with van der Waals surface area (Å²) in [6.07, 6.45) is 7.16. The third-order valence-electron chi connectivity index (χ3n) is 6.71. The SMILES string of the molecule is O=C(CN1CCN(S(=O)(=O)c2ccccc2F)CC1)N1CCC[C@H]2CCCC[C@H]21. The topological polar surface area (TPSA) is 60.9 Å². The first kappa shape index (κ1) is 20.8. The van der Waals surface area contributed by atoms with Crippen LogP contribution in [0.3, 0.4) is 0 Å². The lowest BCUT2D eigenvalue weighted by atomic mass is 9.78. The number of fused-ring (bicyclic) bond motifs is 1. The lowest BCUT2D eigenvalue weighted by Crippen LogP contribution is -2.55. The fourth-order valence-corrected chi connectivity index (χ4v) is 6.62. The molecule has 0 aromatic heterocycles. The van der Waals surface area contributed by atoms with E-state index in [0.29, 0.717) is 31.6 Å². The number of nitrogens with zero attached hydrogens (tertiary/aromatic N) is 3. The van der Waals surface area contributed by atoms with Crippen molar-refractivity contribution >= 4 is 15.9 Å². The lowest BCUT2D eigenvalue weighted by molar-refractivity contribution is -0.139. The summed E-state index contributed by atoms with van der Waals surface area (Å²) < 4.78 is 40.8. The number of piperazine rings is 1. The minimum absolute atomic E-state index is 0.173. The first-order valence-electron chi connectivity index (χ1n) is 10.7. The summed E-state index contributed by atoms with van der Waals surface area (Å²) in [6.45, 7) is 2.72. The molecule has 2 aliphatic heterocycles. The summed E-state index contributed by atoms with van der Waals surface area (Å²) >= 11 is 0. The largest absolute Gasteiger partial charge is 0.338 e. The smallest absolute Gasteiger partial charge is 0.246 e. The van der Waals surface area contributed by atoms with Crippen LogP contribution in [-0.4, -0.2) is 73.7 Å². The normalized spacial score (nSPS) is 26.9. The highest BCUT2D eigenvalue weighted by Crippen LogP contribution is 2.35. The molecule has 3 fully saturated rings. The Bertz CT molecular complexity index is 837. The molecule has 160 valence electrons. The fraction of sp³-hybridized carbons (Fsp3) is 0.667. The Morgan fingerprint density at radius 3 is 2.41 bits per heavy atom. The molecular formula is C21H30FN3O3S. The van der Waals surface area contributed by atoms with Crippen molar-refractivity contribution in [1.82, 2.24) is 14.1 Å². The standard InChI is InChI=1S/C21H30FN3O3S/c22-18-8-2-4-10-20(18)29(27,28)24-14-12-23(13-15-24)16-21(26)25-11-5-7-17-6-1-3-9-19(17)25/h2,4,8,10,17,19H,1,3,5-7,9,11-16H2/t17-,19-/m1/s1. The number of hydrogen-bond acceptors (Lipinski definition) is 4. The maximum absolute atomic E-state index is 14.0. The molecule has 29 heavy (non-hydrogen) atoms. The summed E-state index contributed by atoms with van der Waals surface area (Å²) in [4.78, 5) is 16.8. The Labute approximate surface area is 172 Å². The van der Waals surface area contributed by atoms with Gasteiger partial charge in [0.15, 0.2) is 0 Å². The van der Waals surface area contributed by atoms with Gasteiger partial charge in [0.05, 0.1) is 6.54 Å². The van der Waals surface area contributed by atoms with Gasteiger partial charge in [-0.3, -0.25) is 9.69 Å². The zero-order valence-electron chi connectivity index (χ0n) is 16.8. The number of hydrogen-bond donors (Lipinski definition) is 0. The number of halogens is 1. The Morgan fingerprint density at radius 1 is 0.966 bits per heavy atom. The molecule has 4 rings (SSSR count). The molecule has 8 heteroatoms. The number of carbonyl (C=O) groups is 1. The molecule has 1 aliphatic carbocycles. The van der Waals surface area contributed by atoms with Gasteiger partial charge < -0.3 is 4.90 Å². The second kappa shape index (κ2) is 8.70. The molecule has 2 atom stereocenters.